The Morgan fingerprint density at radius 3 is 2.86 bits per heavy atom. The second-order valence-electron chi connectivity index (χ2n) is 5.02. The molecule has 0 radical (unpaired) electrons. The Hall–Kier alpha value is -2.45. The number of phenolic OH excluding ortho intramolecular Hbond substituents is 1. The van der Waals surface area contributed by atoms with Crippen LogP contribution in [0.5, 0.6) is 5.75 Å². The van der Waals surface area contributed by atoms with Crippen LogP contribution in [0, 0.1) is 11.3 Å². The third kappa shape index (κ3) is 2.32. The third-order valence-corrected chi connectivity index (χ3v) is 4.55. The molecule has 0 fully saturated rings. The molecule has 1 N–H and O–H groups in total. The number of amides is 1. The molecule has 5 heteroatoms. The van der Waals surface area contributed by atoms with E-state index in [0.29, 0.717) is 17.0 Å². The Kier molecular flexibility index (Phi) is 3.78. The fraction of sp³-hybridized carbons (Fsp3) is 0.176. The number of phenols is 1. The van der Waals surface area contributed by atoms with E-state index in [4.69, 9.17) is 5.26 Å². The molecule has 0 unspecified atom stereocenters. The summed E-state index contributed by atoms with van der Waals surface area (Å²) in [5, 5.41) is 19.1. The summed E-state index contributed by atoms with van der Waals surface area (Å²) in [6.45, 7) is 0.634. The van der Waals surface area contributed by atoms with Gasteiger partial charge in [-0.2, -0.15) is 5.26 Å². The van der Waals surface area contributed by atoms with Crippen LogP contribution in [0.2, 0.25) is 0 Å². The molecule has 1 aliphatic heterocycles. The van der Waals surface area contributed by atoms with Crippen molar-refractivity contribution in [1.82, 2.24) is 0 Å². The predicted octanol–water partition coefficient (Wildman–Crippen LogP) is 3.19. The van der Waals surface area contributed by atoms with E-state index >= 15 is 0 Å². The lowest BCUT2D eigenvalue weighted by atomic mass is 10.1. The van der Waals surface area contributed by atoms with Gasteiger partial charge in [-0.1, -0.05) is 18.2 Å². The van der Waals surface area contributed by atoms with Crippen molar-refractivity contribution in [3.8, 4) is 11.8 Å². The van der Waals surface area contributed by atoms with Gasteiger partial charge in [0.2, 0.25) is 0 Å². The SMILES string of the molecule is CSc1cc(C(=O)N2CCc3ccccc32)cc(C#N)c1O. The average molecular weight is 310 g/mol. The predicted molar refractivity (Wildman–Crippen MR) is 86.4 cm³/mol. The molecular formula is C17H14N2O2S. The summed E-state index contributed by atoms with van der Waals surface area (Å²) in [4.78, 5) is 15.0. The van der Waals surface area contributed by atoms with Gasteiger partial charge in [0.15, 0.2) is 0 Å². The first kappa shape index (κ1) is 14.5. The zero-order valence-corrected chi connectivity index (χ0v) is 12.9. The smallest absolute Gasteiger partial charge is 0.258 e. The van der Waals surface area contributed by atoms with E-state index in [1.165, 1.54) is 17.8 Å². The maximum atomic E-state index is 12.8. The van der Waals surface area contributed by atoms with Crippen molar-refractivity contribution in [3.63, 3.8) is 0 Å². The van der Waals surface area contributed by atoms with Crippen molar-refractivity contribution in [3.05, 3.63) is 53.1 Å². The first-order chi connectivity index (χ1) is 10.7. The van der Waals surface area contributed by atoms with Crippen molar-refractivity contribution in [2.75, 3.05) is 17.7 Å². The molecular weight excluding hydrogens is 296 g/mol. The number of hydrogen-bond acceptors (Lipinski definition) is 4. The van der Waals surface area contributed by atoms with E-state index in [2.05, 4.69) is 0 Å². The fourth-order valence-corrected chi connectivity index (χ4v) is 3.23. The highest BCUT2D eigenvalue weighted by Gasteiger charge is 2.26. The maximum absolute atomic E-state index is 12.8. The molecule has 0 aromatic heterocycles. The number of benzene rings is 2. The van der Waals surface area contributed by atoms with E-state index in [1.54, 1.807) is 17.2 Å². The fourth-order valence-electron chi connectivity index (χ4n) is 2.68. The van der Waals surface area contributed by atoms with Crippen LogP contribution >= 0.6 is 11.8 Å². The molecule has 110 valence electrons. The highest BCUT2D eigenvalue weighted by atomic mass is 32.2. The van der Waals surface area contributed by atoms with Crippen LogP contribution < -0.4 is 4.90 Å². The number of rotatable bonds is 2. The van der Waals surface area contributed by atoms with Crippen LogP contribution in [0.15, 0.2) is 41.3 Å². The molecule has 1 amide bonds. The largest absolute Gasteiger partial charge is 0.505 e. The number of anilines is 1. The van der Waals surface area contributed by atoms with Gasteiger partial charge in [0, 0.05) is 17.8 Å². The zero-order chi connectivity index (χ0) is 15.7. The van der Waals surface area contributed by atoms with E-state index < -0.39 is 0 Å². The van der Waals surface area contributed by atoms with Gasteiger partial charge < -0.3 is 10.0 Å². The van der Waals surface area contributed by atoms with Crippen LogP contribution in [-0.4, -0.2) is 23.8 Å². The van der Waals surface area contributed by atoms with E-state index in [9.17, 15) is 9.90 Å². The van der Waals surface area contributed by atoms with E-state index in [1.807, 2.05) is 30.3 Å². The second kappa shape index (κ2) is 5.74. The number of aromatic hydroxyl groups is 1. The number of hydrogen-bond donors (Lipinski definition) is 1. The molecule has 2 aromatic carbocycles. The number of carbonyl (C=O) groups is 1. The monoisotopic (exact) mass is 310 g/mol. The number of nitriles is 1. The quantitative estimate of drug-likeness (QED) is 0.865. The number of para-hydroxylation sites is 1. The van der Waals surface area contributed by atoms with Crippen molar-refractivity contribution in [1.29, 1.82) is 5.26 Å². The minimum atomic E-state index is -0.142. The molecule has 1 heterocycles. The van der Waals surface area contributed by atoms with Crippen LogP contribution in [0.3, 0.4) is 0 Å². The second-order valence-corrected chi connectivity index (χ2v) is 5.87. The lowest BCUT2D eigenvalue weighted by Crippen LogP contribution is -2.29. The van der Waals surface area contributed by atoms with Gasteiger partial charge in [-0.05, 0) is 36.4 Å². The third-order valence-electron chi connectivity index (χ3n) is 3.79. The summed E-state index contributed by atoms with van der Waals surface area (Å²) < 4.78 is 0. The molecule has 0 saturated carbocycles. The molecule has 3 rings (SSSR count). The summed E-state index contributed by atoms with van der Waals surface area (Å²) in [7, 11) is 0. The molecule has 0 aliphatic carbocycles. The summed E-state index contributed by atoms with van der Waals surface area (Å²) in [6, 6.07) is 12.9. The average Bonchev–Trinajstić information content (AvgIpc) is 2.98. The molecule has 4 nitrogen and oxygen atoms in total. The van der Waals surface area contributed by atoms with Crippen LogP contribution in [0.1, 0.15) is 21.5 Å². The summed E-state index contributed by atoms with van der Waals surface area (Å²) in [5.41, 5.74) is 2.63. The van der Waals surface area contributed by atoms with E-state index in [-0.39, 0.29) is 17.2 Å². The maximum Gasteiger partial charge on any atom is 0.258 e. The molecule has 0 bridgehead atoms. The Morgan fingerprint density at radius 2 is 2.14 bits per heavy atom. The first-order valence-corrected chi connectivity index (χ1v) is 8.09. The standard InChI is InChI=1S/C17H14N2O2S/c1-22-15-9-12(8-13(10-18)16(15)20)17(21)19-7-6-11-4-2-3-5-14(11)19/h2-5,8-9,20H,6-7H2,1H3. The van der Waals surface area contributed by atoms with E-state index in [0.717, 1.165) is 17.7 Å². The molecule has 0 atom stereocenters. The Balaban J connectivity index is 2.02. The minimum absolute atomic E-state index is 0.0617. The van der Waals surface area contributed by atoms with Crippen molar-refractivity contribution in [2.45, 2.75) is 11.3 Å². The summed E-state index contributed by atoms with van der Waals surface area (Å²) >= 11 is 1.31. The van der Waals surface area contributed by atoms with Crippen LogP contribution in [0.25, 0.3) is 0 Å². The van der Waals surface area contributed by atoms with Crippen LogP contribution in [-0.2, 0) is 6.42 Å². The lowest BCUT2D eigenvalue weighted by Gasteiger charge is -2.18. The number of nitrogens with zero attached hydrogens (tertiary/aromatic N) is 2. The highest BCUT2D eigenvalue weighted by molar-refractivity contribution is 7.98. The van der Waals surface area contributed by atoms with Gasteiger partial charge >= 0.3 is 0 Å². The van der Waals surface area contributed by atoms with Crippen molar-refractivity contribution < 1.29 is 9.90 Å². The summed E-state index contributed by atoms with van der Waals surface area (Å²) in [6.07, 6.45) is 2.64. The Morgan fingerprint density at radius 1 is 1.36 bits per heavy atom. The summed E-state index contributed by atoms with van der Waals surface area (Å²) in [5.74, 6) is -0.204. The van der Waals surface area contributed by atoms with Crippen molar-refractivity contribution in [2.24, 2.45) is 0 Å². The normalized spacial score (nSPS) is 12.8. The molecule has 0 saturated heterocycles. The Bertz CT molecular complexity index is 796. The molecule has 1 aliphatic rings. The molecule has 0 spiro atoms. The first-order valence-electron chi connectivity index (χ1n) is 6.86. The molecule has 2 aromatic rings. The topological polar surface area (TPSA) is 64.3 Å². The minimum Gasteiger partial charge on any atom is -0.505 e. The van der Waals surface area contributed by atoms with Gasteiger partial charge in [0.25, 0.3) is 5.91 Å². The van der Waals surface area contributed by atoms with Gasteiger partial charge in [-0.3, -0.25) is 4.79 Å². The van der Waals surface area contributed by atoms with Gasteiger partial charge in [-0.15, -0.1) is 11.8 Å². The molecule has 22 heavy (non-hydrogen) atoms. The van der Waals surface area contributed by atoms with Crippen molar-refractivity contribution >= 4 is 23.4 Å². The number of thioether (sulfide) groups is 1. The van der Waals surface area contributed by atoms with Crippen LogP contribution in [0.4, 0.5) is 5.69 Å². The Labute approximate surface area is 133 Å². The van der Waals surface area contributed by atoms with Gasteiger partial charge in [0.05, 0.1) is 10.5 Å². The number of fused-ring (bicyclic) bond motifs is 1. The lowest BCUT2D eigenvalue weighted by molar-refractivity contribution is 0.0989. The zero-order valence-electron chi connectivity index (χ0n) is 12.0. The van der Waals surface area contributed by atoms with Gasteiger partial charge in [-0.25, -0.2) is 0 Å². The van der Waals surface area contributed by atoms with Gasteiger partial charge in [0.1, 0.15) is 11.8 Å². The number of carbonyl (C=O) groups excluding carboxylic acids is 1. The highest BCUT2D eigenvalue weighted by Crippen LogP contribution is 2.34.